The monoisotopic (exact) mass is 410 g/mol. The third-order valence-corrected chi connectivity index (χ3v) is 4.85. The number of likely N-dealkylation sites (tertiary alicyclic amines) is 1. The highest BCUT2D eigenvalue weighted by Crippen LogP contribution is 2.39. The van der Waals surface area contributed by atoms with Crippen LogP contribution in [0.5, 0.6) is 5.75 Å². The number of ketones is 1. The van der Waals surface area contributed by atoms with Crippen molar-refractivity contribution in [2.24, 2.45) is 0 Å². The first-order valence-corrected chi connectivity index (χ1v) is 9.74. The number of aliphatic hydroxyl groups is 1. The summed E-state index contributed by atoms with van der Waals surface area (Å²) >= 11 is 0. The van der Waals surface area contributed by atoms with Gasteiger partial charge in [-0.25, -0.2) is 0 Å². The number of carbonyl (C=O) groups excluding carboxylic acids is 2. The van der Waals surface area contributed by atoms with Gasteiger partial charge in [0.15, 0.2) is 0 Å². The van der Waals surface area contributed by atoms with Gasteiger partial charge in [0.25, 0.3) is 11.7 Å². The molecule has 1 amide bonds. The van der Waals surface area contributed by atoms with Crippen LogP contribution < -0.4 is 4.74 Å². The number of hydrogen-bond donors (Lipinski definition) is 1. The Kier molecular flexibility index (Phi) is 6.74. The third kappa shape index (κ3) is 4.46. The van der Waals surface area contributed by atoms with E-state index in [-0.39, 0.29) is 11.3 Å². The van der Waals surface area contributed by atoms with Gasteiger partial charge in [-0.3, -0.25) is 9.59 Å². The minimum absolute atomic E-state index is 0.0274. The molecule has 1 unspecified atom stereocenters. The molecule has 1 fully saturated rings. The Morgan fingerprint density at radius 3 is 2.60 bits per heavy atom. The lowest BCUT2D eigenvalue weighted by atomic mass is 9.99. The molecule has 7 nitrogen and oxygen atoms in total. The van der Waals surface area contributed by atoms with E-state index < -0.39 is 17.7 Å². The van der Waals surface area contributed by atoms with Gasteiger partial charge < -0.3 is 24.1 Å². The van der Waals surface area contributed by atoms with Crippen LogP contribution in [-0.2, 0) is 9.59 Å². The molecule has 1 atom stereocenters. The largest absolute Gasteiger partial charge is 0.507 e. The highest BCUT2D eigenvalue weighted by atomic mass is 16.5. The molecule has 0 spiro atoms. The van der Waals surface area contributed by atoms with Gasteiger partial charge in [0.2, 0.25) is 0 Å². The van der Waals surface area contributed by atoms with E-state index in [0.717, 1.165) is 6.54 Å². The van der Waals surface area contributed by atoms with Crippen LogP contribution in [0.25, 0.3) is 5.76 Å². The van der Waals surface area contributed by atoms with Crippen LogP contribution in [0.4, 0.5) is 0 Å². The zero-order valence-corrected chi connectivity index (χ0v) is 17.2. The number of aliphatic hydroxyl groups excluding tert-OH is 1. The van der Waals surface area contributed by atoms with E-state index in [0.29, 0.717) is 36.6 Å². The maximum atomic E-state index is 12.8. The van der Waals surface area contributed by atoms with Crippen LogP contribution in [0, 0.1) is 0 Å². The second kappa shape index (κ2) is 9.45. The van der Waals surface area contributed by atoms with Crippen molar-refractivity contribution < 1.29 is 23.8 Å². The molecule has 0 bridgehead atoms. The number of furan rings is 1. The van der Waals surface area contributed by atoms with Gasteiger partial charge in [0, 0.05) is 12.1 Å². The van der Waals surface area contributed by atoms with Crippen LogP contribution in [0.1, 0.15) is 23.8 Å². The minimum atomic E-state index is -0.765. The lowest BCUT2D eigenvalue weighted by Crippen LogP contribution is -2.32. The predicted octanol–water partition coefficient (Wildman–Crippen LogP) is 3.22. The first kappa shape index (κ1) is 21.4. The number of hydrogen-bond acceptors (Lipinski definition) is 6. The number of amides is 1. The summed E-state index contributed by atoms with van der Waals surface area (Å²) in [5.41, 5.74) is 0.448. The Morgan fingerprint density at radius 2 is 2.00 bits per heavy atom. The Balaban J connectivity index is 1.96. The second-order valence-electron chi connectivity index (χ2n) is 7.29. The molecule has 158 valence electrons. The van der Waals surface area contributed by atoms with Crippen molar-refractivity contribution in [1.29, 1.82) is 0 Å². The van der Waals surface area contributed by atoms with E-state index in [1.54, 1.807) is 42.5 Å². The zero-order chi connectivity index (χ0) is 21.7. The molecular formula is C23H26N2O5. The average Bonchev–Trinajstić information content (AvgIpc) is 3.34. The lowest BCUT2D eigenvalue weighted by molar-refractivity contribution is -0.140. The van der Waals surface area contributed by atoms with Crippen molar-refractivity contribution >= 4 is 17.4 Å². The van der Waals surface area contributed by atoms with Crippen LogP contribution in [0.2, 0.25) is 0 Å². The third-order valence-electron chi connectivity index (χ3n) is 4.85. The molecule has 0 aliphatic carbocycles. The normalized spacial score (nSPS) is 18.2. The van der Waals surface area contributed by atoms with Crippen LogP contribution >= 0.6 is 0 Å². The van der Waals surface area contributed by atoms with Gasteiger partial charge in [0.05, 0.1) is 11.8 Å². The molecule has 2 heterocycles. The van der Waals surface area contributed by atoms with Crippen molar-refractivity contribution in [3.05, 3.63) is 72.2 Å². The molecule has 1 aromatic heterocycles. The van der Waals surface area contributed by atoms with Gasteiger partial charge >= 0.3 is 0 Å². The number of Topliss-reactive ketones (excluding diaryl/α,β-unsaturated/α-hetero) is 1. The summed E-state index contributed by atoms with van der Waals surface area (Å²) in [4.78, 5) is 29.1. The average molecular weight is 410 g/mol. The van der Waals surface area contributed by atoms with E-state index >= 15 is 0 Å². The fourth-order valence-electron chi connectivity index (χ4n) is 3.43. The van der Waals surface area contributed by atoms with E-state index in [1.165, 1.54) is 11.2 Å². The van der Waals surface area contributed by atoms with Crippen molar-refractivity contribution in [1.82, 2.24) is 9.80 Å². The molecule has 1 aliphatic rings. The smallest absolute Gasteiger partial charge is 0.295 e. The fraction of sp³-hybridized carbons (Fsp3) is 0.304. The number of rotatable bonds is 9. The summed E-state index contributed by atoms with van der Waals surface area (Å²) in [5, 5.41) is 10.9. The fourth-order valence-corrected chi connectivity index (χ4v) is 3.43. The Bertz CT molecular complexity index is 929. The van der Waals surface area contributed by atoms with E-state index in [1.807, 2.05) is 19.0 Å². The molecule has 1 N–H and O–H groups in total. The molecule has 7 heteroatoms. The number of carbonyl (C=O) groups is 2. The standard InChI is InChI=1S/C23H26N2O5/c1-4-14-29-17-10-8-16(9-11-17)21(26)19-20(18-7-5-15-30-18)25(23(28)22(19)27)13-6-12-24(2)3/h4-5,7-11,15,20,26H,1,6,12-14H2,2-3H3/b21-19-. The highest BCUT2D eigenvalue weighted by molar-refractivity contribution is 6.46. The molecule has 0 saturated carbocycles. The maximum Gasteiger partial charge on any atom is 0.295 e. The predicted molar refractivity (Wildman–Crippen MR) is 113 cm³/mol. The molecule has 1 saturated heterocycles. The van der Waals surface area contributed by atoms with E-state index in [2.05, 4.69) is 6.58 Å². The minimum Gasteiger partial charge on any atom is -0.507 e. The van der Waals surface area contributed by atoms with Gasteiger partial charge in [-0.05, 0) is 63.5 Å². The number of ether oxygens (including phenoxy) is 1. The molecular weight excluding hydrogens is 384 g/mol. The summed E-state index contributed by atoms with van der Waals surface area (Å²) in [7, 11) is 3.89. The molecule has 1 aromatic carbocycles. The highest BCUT2D eigenvalue weighted by Gasteiger charge is 2.47. The first-order valence-electron chi connectivity index (χ1n) is 9.74. The lowest BCUT2D eigenvalue weighted by Gasteiger charge is -2.24. The summed E-state index contributed by atoms with van der Waals surface area (Å²) in [6.07, 6.45) is 3.81. The van der Waals surface area contributed by atoms with Gasteiger partial charge in [-0.1, -0.05) is 12.7 Å². The molecule has 1 aliphatic heterocycles. The van der Waals surface area contributed by atoms with Crippen LogP contribution in [-0.4, -0.2) is 60.4 Å². The number of benzene rings is 1. The van der Waals surface area contributed by atoms with Gasteiger partial charge in [0.1, 0.15) is 29.9 Å². The topological polar surface area (TPSA) is 83.2 Å². The summed E-state index contributed by atoms with van der Waals surface area (Å²) in [5.74, 6) is -0.543. The molecule has 0 radical (unpaired) electrons. The van der Waals surface area contributed by atoms with Crippen molar-refractivity contribution in [2.75, 3.05) is 33.8 Å². The summed E-state index contributed by atoms with van der Waals surface area (Å²) in [6.45, 7) is 5.10. The summed E-state index contributed by atoms with van der Waals surface area (Å²) < 4.78 is 11.0. The van der Waals surface area contributed by atoms with Crippen molar-refractivity contribution in [3.63, 3.8) is 0 Å². The molecule has 2 aromatic rings. The SMILES string of the molecule is C=CCOc1ccc(/C(O)=C2/C(=O)C(=O)N(CCCN(C)C)C2c2ccco2)cc1. The summed E-state index contributed by atoms with van der Waals surface area (Å²) in [6, 6.07) is 9.30. The van der Waals surface area contributed by atoms with Crippen molar-refractivity contribution in [3.8, 4) is 5.75 Å². The Hall–Kier alpha value is -3.32. The Morgan fingerprint density at radius 1 is 1.27 bits per heavy atom. The van der Waals surface area contributed by atoms with Crippen LogP contribution in [0.15, 0.2) is 65.3 Å². The van der Waals surface area contributed by atoms with Gasteiger partial charge in [-0.15, -0.1) is 0 Å². The quantitative estimate of drug-likeness (QED) is 0.296. The van der Waals surface area contributed by atoms with E-state index in [4.69, 9.17) is 9.15 Å². The van der Waals surface area contributed by atoms with E-state index in [9.17, 15) is 14.7 Å². The first-order chi connectivity index (χ1) is 14.4. The Labute approximate surface area is 175 Å². The zero-order valence-electron chi connectivity index (χ0n) is 17.2. The number of nitrogens with zero attached hydrogens (tertiary/aromatic N) is 2. The molecule has 3 rings (SSSR count). The van der Waals surface area contributed by atoms with Gasteiger partial charge in [-0.2, -0.15) is 0 Å². The second-order valence-corrected chi connectivity index (χ2v) is 7.29. The van der Waals surface area contributed by atoms with Crippen LogP contribution in [0.3, 0.4) is 0 Å². The van der Waals surface area contributed by atoms with Crippen molar-refractivity contribution in [2.45, 2.75) is 12.5 Å². The maximum absolute atomic E-state index is 12.8. The molecule has 30 heavy (non-hydrogen) atoms.